The van der Waals surface area contributed by atoms with Gasteiger partial charge in [-0.3, -0.25) is 47.9 Å². The molecule has 12 N–H and O–H groups in total. The number of Topliss-reactive ketones (excluding diaryl/α,β-unsaturated/α-hetero) is 5. The van der Waals surface area contributed by atoms with E-state index in [2.05, 4.69) is 38.5 Å². The number of rotatable bonds is 34. The average molecular weight is 1850 g/mol. The van der Waals surface area contributed by atoms with Gasteiger partial charge >= 0.3 is 35.8 Å². The highest BCUT2D eigenvalue weighted by atomic mass is 16.5. The van der Waals surface area contributed by atoms with Crippen LogP contribution in [0.2, 0.25) is 0 Å². The zero-order valence-corrected chi connectivity index (χ0v) is 75.7. The van der Waals surface area contributed by atoms with E-state index in [-0.39, 0.29) is 122 Å². The molecule has 0 heterocycles. The number of nitrogens with one attached hydrogen (secondary N) is 6. The molecular weight excluding hydrogens is 1750 g/mol. The van der Waals surface area contributed by atoms with Gasteiger partial charge in [-0.25, -0.2) is 28.8 Å². The lowest BCUT2D eigenvalue weighted by atomic mass is 10.1. The molecule has 30 heteroatoms. The minimum absolute atomic E-state index is 0.00219. The first-order valence-electron chi connectivity index (χ1n) is 42.2. The molecule has 0 aliphatic rings. The summed E-state index contributed by atoms with van der Waals surface area (Å²) in [6.07, 6.45) is 1.61. The first kappa shape index (κ1) is 106. The lowest BCUT2D eigenvalue weighted by Crippen LogP contribution is -2.25. The van der Waals surface area contributed by atoms with Crippen LogP contribution in [0.5, 0.6) is 5.75 Å². The number of carboxylic acid groups (broad SMARTS) is 6. The second-order valence-electron chi connectivity index (χ2n) is 30.5. The van der Waals surface area contributed by atoms with Gasteiger partial charge in [0, 0.05) is 74.4 Å². The maximum atomic E-state index is 12.2. The van der Waals surface area contributed by atoms with E-state index in [9.17, 15) is 81.5 Å². The molecule has 0 aliphatic carbocycles. The summed E-state index contributed by atoms with van der Waals surface area (Å²) in [6.45, 7) is 14.9. The van der Waals surface area contributed by atoms with Crippen molar-refractivity contribution in [1.29, 1.82) is 0 Å². The number of amides is 6. The van der Waals surface area contributed by atoms with Gasteiger partial charge in [0.2, 0.25) is 0 Å². The third kappa shape index (κ3) is 34.1. The SMILES string of the molecule is C=C(C)c1ccc(CNC(=O)c2ccccc2C(=O)O)cc1.CC(=O)CCc1ccc(CNC(=O)c2ccccc2C(=O)O)cc1.CC(=O)Cc1ccc(CNC(=O)c2ccccc2C(=O)O)cc1.CC(=O)c1ccc(CNC(=O)c2ccccc2C(=O)O)cc1.CC(=O)c1ccc(CNC(=O)c2ccccc2C(=O)O)cc1.COc1cc(C(C)=O)ccc1CNC(=O)c1ccccc1C(=O)O. The molecule has 6 amide bonds. The molecule has 0 saturated heterocycles. The highest BCUT2D eigenvalue weighted by Crippen LogP contribution is 2.23. The number of hydrogen-bond donors (Lipinski definition) is 12. The van der Waals surface area contributed by atoms with Crippen molar-refractivity contribution in [3.8, 4) is 5.75 Å². The van der Waals surface area contributed by atoms with Gasteiger partial charge in [-0.15, -0.1) is 0 Å². The lowest BCUT2D eigenvalue weighted by Gasteiger charge is -2.12. The molecule has 12 aromatic carbocycles. The molecule has 702 valence electrons. The van der Waals surface area contributed by atoms with Crippen LogP contribution in [0.15, 0.2) is 292 Å². The summed E-state index contributed by atoms with van der Waals surface area (Å²) < 4.78 is 5.24. The summed E-state index contributed by atoms with van der Waals surface area (Å²) in [5.74, 6) is -8.88. The van der Waals surface area contributed by atoms with Crippen molar-refractivity contribution in [3.63, 3.8) is 0 Å². The fraction of sp³-hybridized carbons (Fsp3) is 0.150. The predicted molar refractivity (Wildman–Crippen MR) is 511 cm³/mol. The minimum Gasteiger partial charge on any atom is -0.496 e. The maximum Gasteiger partial charge on any atom is 0.336 e. The zero-order chi connectivity index (χ0) is 100. The minimum atomic E-state index is -1.16. The van der Waals surface area contributed by atoms with Crippen LogP contribution in [0.1, 0.15) is 253 Å². The quantitative estimate of drug-likeness (QED) is 0.0167. The Kier molecular flexibility index (Phi) is 41.5. The number of benzene rings is 12. The number of carbonyl (C=O) groups is 17. The largest absolute Gasteiger partial charge is 0.496 e. The van der Waals surface area contributed by atoms with Crippen molar-refractivity contribution >= 4 is 106 Å². The number of aromatic carboxylic acids is 6. The predicted octanol–water partition coefficient (Wildman–Crippen LogP) is 16.2. The summed E-state index contributed by atoms with van der Waals surface area (Å²) in [4.78, 5) is 195. The van der Waals surface area contributed by atoms with E-state index >= 15 is 0 Å². The number of aryl methyl sites for hydroxylation is 1. The van der Waals surface area contributed by atoms with Gasteiger partial charge in [-0.1, -0.05) is 218 Å². The van der Waals surface area contributed by atoms with Crippen LogP contribution < -0.4 is 36.6 Å². The van der Waals surface area contributed by atoms with E-state index in [1.807, 2.05) is 79.7 Å². The zero-order valence-electron chi connectivity index (χ0n) is 75.7. The van der Waals surface area contributed by atoms with Crippen molar-refractivity contribution in [2.45, 2.75) is 100 Å². The maximum absolute atomic E-state index is 12.2. The number of hydrogen-bond acceptors (Lipinski definition) is 18. The normalized spacial score (nSPS) is 10.1. The highest BCUT2D eigenvalue weighted by Gasteiger charge is 2.23. The standard InChI is InChI=1S/C19H19NO4.C18H17NO5.C18H17NO4.C18H17NO3.2C17H15NO4/c1-13(21)6-7-14-8-10-15(11-9-14)12-20-18(22)16-4-2-3-5-17(16)19(23)24;1-11(20)12-7-8-13(16(9-12)24-2)10-19-17(21)14-5-3-4-6-15(14)18(22)23;1-12(20)10-13-6-8-14(9-7-13)11-19-17(21)15-4-2-3-5-16(15)18(22)23;1-12(2)14-9-7-13(8-10-14)11-19-17(20)15-5-3-4-6-16(15)18(21)22;2*1-11(19)13-8-6-12(7-9-13)10-18-16(20)14-4-2-3-5-15(14)17(21)22/h2-5,8-11H,6-7,12H2,1H3,(H,20,22)(H,23,24);3-9H,10H2,1-2H3,(H,19,21)(H,22,23);2-9H,10-11H2,1H3,(H,19,21)(H,22,23);3-10H,1,11H2,2H3,(H,19,20)(H,21,22);2*2-9H,10H2,1H3,(H,18,20)(H,21,22). The van der Waals surface area contributed by atoms with Gasteiger partial charge in [-0.05, 0) is 171 Å². The molecule has 12 rings (SSSR count). The summed E-state index contributed by atoms with van der Waals surface area (Å²) in [6, 6.07) is 77.8. The lowest BCUT2D eigenvalue weighted by molar-refractivity contribution is -0.117. The Labute approximate surface area is 788 Å². The summed E-state index contributed by atoms with van der Waals surface area (Å²) >= 11 is 0. The summed E-state index contributed by atoms with van der Waals surface area (Å²) in [5, 5.41) is 70.7. The monoisotopic (exact) mass is 1850 g/mol. The molecule has 30 nitrogen and oxygen atoms in total. The molecule has 0 aliphatic heterocycles. The summed E-state index contributed by atoms with van der Waals surface area (Å²) in [5.41, 5.74) is 11.4. The average Bonchev–Trinajstić information content (AvgIpc) is 0.880. The van der Waals surface area contributed by atoms with Gasteiger partial charge in [0.05, 0.1) is 73.9 Å². The topological polar surface area (TPSA) is 493 Å². The third-order valence-corrected chi connectivity index (χ3v) is 20.2. The molecule has 0 fully saturated rings. The molecule has 0 saturated carbocycles. The number of carboxylic acids is 6. The van der Waals surface area contributed by atoms with E-state index < -0.39 is 71.3 Å². The van der Waals surface area contributed by atoms with E-state index in [0.29, 0.717) is 60.4 Å². The second-order valence-corrected chi connectivity index (χ2v) is 30.5. The number of carbonyl (C=O) groups excluding carboxylic acids is 11. The molecule has 0 aromatic heterocycles. The van der Waals surface area contributed by atoms with Crippen LogP contribution in [0.3, 0.4) is 0 Å². The number of ketones is 5. The fourth-order valence-electron chi connectivity index (χ4n) is 12.8. The molecule has 0 atom stereocenters. The van der Waals surface area contributed by atoms with Gasteiger partial charge in [0.25, 0.3) is 35.4 Å². The van der Waals surface area contributed by atoms with Crippen LogP contribution in [-0.2, 0) is 61.7 Å². The van der Waals surface area contributed by atoms with Gasteiger partial charge in [0.1, 0.15) is 17.3 Å². The van der Waals surface area contributed by atoms with Crippen LogP contribution in [0.25, 0.3) is 5.57 Å². The van der Waals surface area contributed by atoms with Gasteiger partial charge < -0.3 is 72.1 Å². The molecule has 12 aromatic rings. The number of allylic oxidation sites excluding steroid dienone is 1. The smallest absolute Gasteiger partial charge is 0.336 e. The van der Waals surface area contributed by atoms with Crippen LogP contribution in [0.4, 0.5) is 0 Å². The Hall–Kier alpha value is -17.8. The third-order valence-electron chi connectivity index (χ3n) is 20.2. The van der Waals surface area contributed by atoms with Crippen LogP contribution in [0, 0.1) is 0 Å². The number of ether oxygens (including phenoxy) is 1. The fourth-order valence-corrected chi connectivity index (χ4v) is 12.8. The van der Waals surface area contributed by atoms with Gasteiger partial charge in [-0.2, -0.15) is 0 Å². The first-order valence-corrected chi connectivity index (χ1v) is 42.2. The molecule has 0 bridgehead atoms. The Bertz CT molecular complexity index is 6140. The van der Waals surface area contributed by atoms with Crippen molar-refractivity contribution in [2.75, 3.05) is 7.11 Å². The van der Waals surface area contributed by atoms with Crippen LogP contribution in [-0.4, -0.2) is 138 Å². The van der Waals surface area contributed by atoms with Crippen LogP contribution >= 0.6 is 0 Å². The Morgan fingerprint density at radius 1 is 0.248 bits per heavy atom. The van der Waals surface area contributed by atoms with E-state index in [1.54, 1.807) is 146 Å². The van der Waals surface area contributed by atoms with E-state index in [4.69, 9.17) is 35.4 Å². The summed E-state index contributed by atoms with van der Waals surface area (Å²) in [7, 11) is 1.48. The van der Waals surface area contributed by atoms with E-state index in [1.165, 1.54) is 108 Å². The van der Waals surface area contributed by atoms with Gasteiger partial charge in [0.15, 0.2) is 17.3 Å². The molecular formula is C107H100N6O24. The molecule has 0 radical (unpaired) electrons. The second kappa shape index (κ2) is 53.5. The molecule has 0 unspecified atom stereocenters. The van der Waals surface area contributed by atoms with Crippen molar-refractivity contribution < 1.29 is 117 Å². The Morgan fingerprint density at radius 2 is 0.460 bits per heavy atom. The first-order chi connectivity index (χ1) is 65.3. The number of methoxy groups -OCH3 is 1. The van der Waals surface area contributed by atoms with Crippen molar-refractivity contribution in [1.82, 2.24) is 31.9 Å². The Morgan fingerprint density at radius 3 is 0.679 bits per heavy atom. The van der Waals surface area contributed by atoms with E-state index in [0.717, 1.165) is 50.1 Å². The van der Waals surface area contributed by atoms with Crippen molar-refractivity contribution in [2.24, 2.45) is 0 Å². The van der Waals surface area contributed by atoms with Crippen molar-refractivity contribution in [3.05, 3.63) is 425 Å². The molecule has 137 heavy (non-hydrogen) atoms. The highest BCUT2D eigenvalue weighted by molar-refractivity contribution is 6.09. The Balaban J connectivity index is 0.000000224. The molecule has 0 spiro atoms.